The lowest BCUT2D eigenvalue weighted by atomic mass is 9.68. The number of benzene rings is 1. The van der Waals surface area contributed by atoms with Gasteiger partial charge in [-0.15, -0.1) is 0 Å². The summed E-state index contributed by atoms with van der Waals surface area (Å²) in [5, 5.41) is 12.4. The van der Waals surface area contributed by atoms with Gasteiger partial charge >= 0.3 is 0 Å². The van der Waals surface area contributed by atoms with Gasteiger partial charge in [-0.1, -0.05) is 59.1 Å². The summed E-state index contributed by atoms with van der Waals surface area (Å²) in [4.78, 5) is 14.5. The molecule has 3 atom stereocenters. The van der Waals surface area contributed by atoms with E-state index < -0.39 is 6.10 Å². The van der Waals surface area contributed by atoms with E-state index >= 15 is 0 Å². The van der Waals surface area contributed by atoms with Crippen molar-refractivity contribution in [3.63, 3.8) is 0 Å². The molecule has 27 heavy (non-hydrogen) atoms. The first kappa shape index (κ1) is 21.9. The number of carbonyl (C=O) groups is 1. The van der Waals surface area contributed by atoms with Gasteiger partial charge in [-0.3, -0.25) is 4.79 Å². The van der Waals surface area contributed by atoms with Crippen LogP contribution in [0.4, 0.5) is 5.69 Å². The highest BCUT2D eigenvalue weighted by Gasteiger charge is 2.37. The first-order valence-corrected chi connectivity index (χ1v) is 10.7. The third-order valence-electron chi connectivity index (χ3n) is 6.40. The molecule has 1 amide bonds. The zero-order valence-electron chi connectivity index (χ0n) is 17.6. The number of unbranched alkanes of at least 4 members (excludes halogenated alkanes) is 3. The van der Waals surface area contributed by atoms with Gasteiger partial charge in [0.15, 0.2) is 0 Å². The predicted octanol–water partition coefficient (Wildman–Crippen LogP) is 4.58. The van der Waals surface area contributed by atoms with Crippen LogP contribution in [-0.4, -0.2) is 41.7 Å². The molecule has 1 aromatic rings. The number of likely N-dealkylation sites (tertiary alicyclic amines) is 1. The molecule has 0 aromatic heterocycles. The van der Waals surface area contributed by atoms with Gasteiger partial charge in [0.05, 0.1) is 0 Å². The third kappa shape index (κ3) is 5.79. The molecule has 1 aliphatic rings. The summed E-state index contributed by atoms with van der Waals surface area (Å²) in [6.07, 6.45) is 5.95. The summed E-state index contributed by atoms with van der Waals surface area (Å²) in [5.41, 5.74) is 2.27. The van der Waals surface area contributed by atoms with Crippen LogP contribution in [-0.2, 0) is 10.2 Å². The standard InChI is InChI=1S/C23H38N2O2/c1-5-7-8-9-15-25-16-14-23(4,18(3)17-25)19-10-12-20(13-11-19)24-22(27)21(26)6-2/h10-13,18,21,26H,5-9,14-17H2,1-4H3,(H,24,27). The molecule has 3 unspecified atom stereocenters. The van der Waals surface area contributed by atoms with Gasteiger partial charge in [-0.25, -0.2) is 0 Å². The average molecular weight is 375 g/mol. The number of amides is 1. The van der Waals surface area contributed by atoms with E-state index in [1.807, 2.05) is 12.1 Å². The van der Waals surface area contributed by atoms with Crippen LogP contribution in [0.1, 0.15) is 71.8 Å². The maximum atomic E-state index is 11.8. The molecule has 0 aliphatic carbocycles. The second-order valence-corrected chi connectivity index (χ2v) is 8.42. The normalized spacial score (nSPS) is 24.6. The molecule has 2 rings (SSSR count). The summed E-state index contributed by atoms with van der Waals surface area (Å²) >= 11 is 0. The highest BCUT2D eigenvalue weighted by atomic mass is 16.3. The summed E-state index contributed by atoms with van der Waals surface area (Å²) < 4.78 is 0. The number of carbonyl (C=O) groups excluding carboxylic acids is 1. The SMILES string of the molecule is CCCCCCN1CCC(C)(c2ccc(NC(=O)C(O)CC)cc2)C(C)C1. The zero-order valence-corrected chi connectivity index (χ0v) is 17.6. The Balaban J connectivity index is 1.94. The maximum Gasteiger partial charge on any atom is 0.253 e. The topological polar surface area (TPSA) is 52.6 Å². The predicted molar refractivity (Wildman–Crippen MR) is 113 cm³/mol. The van der Waals surface area contributed by atoms with Crippen molar-refractivity contribution in [1.29, 1.82) is 0 Å². The second-order valence-electron chi connectivity index (χ2n) is 8.42. The third-order valence-corrected chi connectivity index (χ3v) is 6.40. The number of hydrogen-bond donors (Lipinski definition) is 2. The van der Waals surface area contributed by atoms with Gasteiger partial charge in [0.1, 0.15) is 6.10 Å². The Bertz CT molecular complexity index is 587. The number of rotatable bonds is 9. The van der Waals surface area contributed by atoms with Crippen LogP contribution < -0.4 is 5.32 Å². The zero-order chi connectivity index (χ0) is 19.9. The van der Waals surface area contributed by atoms with E-state index in [0.717, 1.165) is 18.8 Å². The van der Waals surface area contributed by atoms with Gasteiger partial charge in [-0.05, 0) is 61.4 Å². The van der Waals surface area contributed by atoms with Crippen molar-refractivity contribution < 1.29 is 9.90 Å². The van der Waals surface area contributed by atoms with Gasteiger partial charge in [0, 0.05) is 12.2 Å². The van der Waals surface area contributed by atoms with Crippen LogP contribution in [0, 0.1) is 5.92 Å². The maximum absolute atomic E-state index is 11.8. The van der Waals surface area contributed by atoms with Crippen LogP contribution in [0.2, 0.25) is 0 Å². The number of hydrogen-bond acceptors (Lipinski definition) is 3. The number of piperidine rings is 1. The number of anilines is 1. The summed E-state index contributed by atoms with van der Waals surface area (Å²) in [7, 11) is 0. The molecule has 1 aromatic carbocycles. The van der Waals surface area contributed by atoms with Crippen molar-refractivity contribution in [2.24, 2.45) is 5.92 Å². The van der Waals surface area contributed by atoms with Gasteiger partial charge in [0.2, 0.25) is 0 Å². The Kier molecular flexibility index (Phi) is 8.30. The molecule has 0 spiro atoms. The van der Waals surface area contributed by atoms with Crippen molar-refractivity contribution in [2.75, 3.05) is 25.0 Å². The summed E-state index contributed by atoms with van der Waals surface area (Å²) in [5.74, 6) is 0.265. The lowest BCUT2D eigenvalue weighted by molar-refractivity contribution is -0.124. The Morgan fingerprint density at radius 1 is 1.26 bits per heavy atom. The lowest BCUT2D eigenvalue weighted by Crippen LogP contribution is -2.47. The quantitative estimate of drug-likeness (QED) is 0.622. The molecule has 1 fully saturated rings. The lowest BCUT2D eigenvalue weighted by Gasteiger charge is -2.45. The first-order chi connectivity index (χ1) is 12.9. The molecule has 1 heterocycles. The number of aliphatic hydroxyl groups is 1. The van der Waals surface area contributed by atoms with Crippen molar-refractivity contribution in [2.45, 2.75) is 77.7 Å². The van der Waals surface area contributed by atoms with Crippen molar-refractivity contribution in [1.82, 2.24) is 4.90 Å². The van der Waals surface area contributed by atoms with Crippen LogP contribution in [0.3, 0.4) is 0 Å². The van der Waals surface area contributed by atoms with Crippen molar-refractivity contribution >= 4 is 11.6 Å². The number of nitrogens with zero attached hydrogens (tertiary/aromatic N) is 1. The molecular formula is C23H38N2O2. The van der Waals surface area contributed by atoms with Crippen LogP contribution in [0.15, 0.2) is 24.3 Å². The Hall–Kier alpha value is -1.39. The highest BCUT2D eigenvalue weighted by Crippen LogP contribution is 2.39. The monoisotopic (exact) mass is 374 g/mol. The number of aliphatic hydroxyl groups excluding tert-OH is 1. The molecule has 4 nitrogen and oxygen atoms in total. The second kappa shape index (κ2) is 10.2. The molecule has 0 radical (unpaired) electrons. The Morgan fingerprint density at radius 3 is 2.56 bits per heavy atom. The van der Waals surface area contributed by atoms with E-state index in [1.54, 1.807) is 6.92 Å². The minimum atomic E-state index is -0.941. The van der Waals surface area contributed by atoms with E-state index in [-0.39, 0.29) is 11.3 Å². The van der Waals surface area contributed by atoms with E-state index in [4.69, 9.17) is 0 Å². The van der Waals surface area contributed by atoms with Crippen LogP contribution in [0.25, 0.3) is 0 Å². The van der Waals surface area contributed by atoms with Gasteiger partial charge in [0.25, 0.3) is 5.91 Å². The Labute approximate surface area is 165 Å². The van der Waals surface area contributed by atoms with E-state index in [0.29, 0.717) is 12.3 Å². The highest BCUT2D eigenvalue weighted by molar-refractivity contribution is 5.93. The van der Waals surface area contributed by atoms with Crippen LogP contribution in [0.5, 0.6) is 0 Å². The molecule has 1 aliphatic heterocycles. The smallest absolute Gasteiger partial charge is 0.253 e. The fourth-order valence-corrected chi connectivity index (χ4v) is 4.06. The molecule has 0 saturated carbocycles. The fourth-order valence-electron chi connectivity index (χ4n) is 4.06. The van der Waals surface area contributed by atoms with E-state index in [1.165, 1.54) is 44.2 Å². The average Bonchev–Trinajstić information content (AvgIpc) is 2.67. The first-order valence-electron chi connectivity index (χ1n) is 10.7. The van der Waals surface area contributed by atoms with E-state index in [9.17, 15) is 9.90 Å². The largest absolute Gasteiger partial charge is 0.383 e. The minimum absolute atomic E-state index is 0.172. The van der Waals surface area contributed by atoms with Crippen molar-refractivity contribution in [3.8, 4) is 0 Å². The molecular weight excluding hydrogens is 336 g/mol. The van der Waals surface area contributed by atoms with Crippen molar-refractivity contribution in [3.05, 3.63) is 29.8 Å². The number of nitrogens with one attached hydrogen (secondary N) is 1. The minimum Gasteiger partial charge on any atom is -0.383 e. The van der Waals surface area contributed by atoms with Gasteiger partial charge in [-0.2, -0.15) is 0 Å². The van der Waals surface area contributed by atoms with Crippen LogP contribution >= 0.6 is 0 Å². The van der Waals surface area contributed by atoms with Gasteiger partial charge < -0.3 is 15.3 Å². The molecule has 152 valence electrons. The summed E-state index contributed by atoms with van der Waals surface area (Å²) in [6, 6.07) is 8.21. The Morgan fingerprint density at radius 2 is 1.96 bits per heavy atom. The molecule has 4 heteroatoms. The molecule has 0 bridgehead atoms. The molecule has 2 N–H and O–H groups in total. The molecule has 1 saturated heterocycles. The summed E-state index contributed by atoms with van der Waals surface area (Å²) in [6.45, 7) is 12.3. The van der Waals surface area contributed by atoms with E-state index in [2.05, 4.69) is 43.1 Å². The fraction of sp³-hybridized carbons (Fsp3) is 0.696.